The Balaban J connectivity index is 2.78. The normalized spacial score (nSPS) is 31.2. The number of carboxylic acid groups (broad SMARTS) is 1. The minimum Gasteiger partial charge on any atom is -0.479 e. The maximum Gasteiger partial charge on any atom is 0.335 e. The van der Waals surface area contributed by atoms with E-state index in [2.05, 4.69) is 13.8 Å². The number of carboxylic acids is 1. The van der Waals surface area contributed by atoms with Crippen LogP contribution < -0.4 is 0 Å². The van der Waals surface area contributed by atoms with Crippen molar-refractivity contribution in [2.24, 2.45) is 11.8 Å². The highest BCUT2D eigenvalue weighted by Gasteiger charge is 2.45. The molecule has 0 saturated heterocycles. The Kier molecular flexibility index (Phi) is 5.81. The topological polar surface area (TPSA) is 66.8 Å². The molecule has 1 fully saturated rings. The van der Waals surface area contributed by atoms with E-state index in [-0.39, 0.29) is 0 Å². The Morgan fingerprint density at radius 1 is 1.37 bits per heavy atom. The Labute approximate surface area is 116 Å². The first-order valence-electron chi connectivity index (χ1n) is 7.36. The molecule has 0 radical (unpaired) electrons. The van der Waals surface area contributed by atoms with Crippen molar-refractivity contribution >= 4 is 5.97 Å². The number of rotatable bonds is 6. The summed E-state index contributed by atoms with van der Waals surface area (Å²) < 4.78 is 5.76. The van der Waals surface area contributed by atoms with E-state index >= 15 is 0 Å². The number of aliphatic hydroxyl groups excluding tert-OH is 1. The molecule has 112 valence electrons. The van der Waals surface area contributed by atoms with Crippen LogP contribution in [-0.2, 0) is 9.53 Å². The molecule has 1 saturated carbocycles. The maximum atomic E-state index is 11.7. The second-order valence-electron chi connectivity index (χ2n) is 6.45. The molecule has 0 amide bonds. The predicted octanol–water partition coefficient (Wildman–Crippen LogP) is 2.83. The summed E-state index contributed by atoms with van der Waals surface area (Å²) in [6.45, 7) is 7.70. The standard InChI is InChI=1S/C15H28O4/c1-10(2)8-13-6-5-7-15(9-13,14(17)18)19-12(4)11(3)16/h10-13,16H,5-9H2,1-4H3,(H,17,18). The van der Waals surface area contributed by atoms with Gasteiger partial charge in [0, 0.05) is 0 Å². The maximum absolute atomic E-state index is 11.7. The van der Waals surface area contributed by atoms with Gasteiger partial charge in [-0.25, -0.2) is 4.79 Å². The minimum atomic E-state index is -1.10. The minimum absolute atomic E-state index is 0.408. The van der Waals surface area contributed by atoms with E-state index in [1.165, 1.54) is 0 Å². The van der Waals surface area contributed by atoms with Gasteiger partial charge in [0.15, 0.2) is 5.60 Å². The van der Waals surface area contributed by atoms with Gasteiger partial charge in [-0.1, -0.05) is 20.3 Å². The molecule has 19 heavy (non-hydrogen) atoms. The summed E-state index contributed by atoms with van der Waals surface area (Å²) in [5, 5.41) is 19.1. The fraction of sp³-hybridized carbons (Fsp3) is 0.933. The molecule has 4 nitrogen and oxygen atoms in total. The summed E-state index contributed by atoms with van der Waals surface area (Å²) in [5.41, 5.74) is -1.10. The fourth-order valence-corrected chi connectivity index (χ4v) is 3.02. The zero-order valence-corrected chi connectivity index (χ0v) is 12.6. The lowest BCUT2D eigenvalue weighted by atomic mass is 9.75. The van der Waals surface area contributed by atoms with Gasteiger partial charge in [-0.15, -0.1) is 0 Å². The lowest BCUT2D eigenvalue weighted by Gasteiger charge is -2.40. The van der Waals surface area contributed by atoms with E-state index in [9.17, 15) is 15.0 Å². The molecule has 4 atom stereocenters. The van der Waals surface area contributed by atoms with Crippen LogP contribution in [0.25, 0.3) is 0 Å². The lowest BCUT2D eigenvalue weighted by Crippen LogP contribution is -2.49. The number of ether oxygens (including phenoxy) is 1. The third-order valence-electron chi connectivity index (χ3n) is 4.10. The predicted molar refractivity (Wildman–Crippen MR) is 74.0 cm³/mol. The van der Waals surface area contributed by atoms with E-state index in [4.69, 9.17) is 4.74 Å². The Morgan fingerprint density at radius 3 is 2.47 bits per heavy atom. The number of hydrogen-bond donors (Lipinski definition) is 2. The van der Waals surface area contributed by atoms with Crippen molar-refractivity contribution in [2.45, 2.75) is 77.6 Å². The second kappa shape index (κ2) is 6.71. The molecule has 2 N–H and O–H groups in total. The molecule has 4 unspecified atom stereocenters. The number of aliphatic carboxylic acids is 1. The third-order valence-corrected chi connectivity index (χ3v) is 4.10. The Hall–Kier alpha value is -0.610. The van der Waals surface area contributed by atoms with Gasteiger partial charge in [0.25, 0.3) is 0 Å². The van der Waals surface area contributed by atoms with E-state index < -0.39 is 23.8 Å². The number of aliphatic hydroxyl groups is 1. The molecular weight excluding hydrogens is 244 g/mol. The van der Waals surface area contributed by atoms with Gasteiger partial charge in [-0.3, -0.25) is 0 Å². The summed E-state index contributed by atoms with van der Waals surface area (Å²) >= 11 is 0. The zero-order valence-electron chi connectivity index (χ0n) is 12.6. The van der Waals surface area contributed by atoms with E-state index in [0.717, 1.165) is 19.3 Å². The summed E-state index contributed by atoms with van der Waals surface area (Å²) in [6.07, 6.45) is 3.03. The first-order chi connectivity index (χ1) is 8.77. The fourth-order valence-electron chi connectivity index (χ4n) is 3.02. The van der Waals surface area contributed by atoms with Gasteiger partial charge in [0.05, 0.1) is 12.2 Å². The molecule has 1 aliphatic rings. The molecule has 0 aromatic heterocycles. The molecule has 0 aliphatic heterocycles. The molecule has 0 bridgehead atoms. The summed E-state index contributed by atoms with van der Waals surface area (Å²) in [6, 6.07) is 0. The average molecular weight is 272 g/mol. The molecular formula is C15H28O4. The van der Waals surface area contributed by atoms with Gasteiger partial charge in [0.2, 0.25) is 0 Å². The summed E-state index contributed by atoms with van der Waals surface area (Å²) in [4.78, 5) is 11.7. The Bertz CT molecular complexity index is 301. The molecule has 1 rings (SSSR count). The average Bonchev–Trinajstić information content (AvgIpc) is 2.27. The number of hydrogen-bond acceptors (Lipinski definition) is 3. The molecule has 0 aromatic rings. The van der Waals surface area contributed by atoms with E-state index in [1.807, 2.05) is 0 Å². The van der Waals surface area contributed by atoms with Crippen LogP contribution in [0.2, 0.25) is 0 Å². The molecule has 1 aliphatic carbocycles. The van der Waals surface area contributed by atoms with Crippen LogP contribution in [0.4, 0.5) is 0 Å². The summed E-state index contributed by atoms with van der Waals surface area (Å²) in [7, 11) is 0. The van der Waals surface area contributed by atoms with E-state index in [1.54, 1.807) is 13.8 Å². The van der Waals surface area contributed by atoms with Crippen LogP contribution in [-0.4, -0.2) is 34.0 Å². The van der Waals surface area contributed by atoms with Crippen molar-refractivity contribution in [3.8, 4) is 0 Å². The van der Waals surface area contributed by atoms with Gasteiger partial charge < -0.3 is 14.9 Å². The van der Waals surface area contributed by atoms with Crippen molar-refractivity contribution in [3.05, 3.63) is 0 Å². The highest BCUT2D eigenvalue weighted by Crippen LogP contribution is 2.39. The zero-order chi connectivity index (χ0) is 14.6. The van der Waals surface area contributed by atoms with Crippen molar-refractivity contribution < 1.29 is 19.7 Å². The second-order valence-corrected chi connectivity index (χ2v) is 6.45. The molecule has 0 aromatic carbocycles. The van der Waals surface area contributed by atoms with Crippen molar-refractivity contribution in [3.63, 3.8) is 0 Å². The lowest BCUT2D eigenvalue weighted by molar-refractivity contribution is -0.190. The number of carbonyl (C=O) groups is 1. The van der Waals surface area contributed by atoms with Crippen molar-refractivity contribution in [2.75, 3.05) is 0 Å². The van der Waals surface area contributed by atoms with Crippen LogP contribution in [0, 0.1) is 11.8 Å². The highest BCUT2D eigenvalue weighted by atomic mass is 16.5. The van der Waals surface area contributed by atoms with E-state index in [0.29, 0.717) is 24.7 Å². The van der Waals surface area contributed by atoms with Crippen LogP contribution in [0.3, 0.4) is 0 Å². The smallest absolute Gasteiger partial charge is 0.335 e. The van der Waals surface area contributed by atoms with Gasteiger partial charge >= 0.3 is 5.97 Å². The third kappa shape index (κ3) is 4.46. The van der Waals surface area contributed by atoms with Crippen LogP contribution in [0.5, 0.6) is 0 Å². The van der Waals surface area contributed by atoms with Crippen LogP contribution in [0.15, 0.2) is 0 Å². The van der Waals surface area contributed by atoms with Crippen LogP contribution >= 0.6 is 0 Å². The first kappa shape index (κ1) is 16.4. The van der Waals surface area contributed by atoms with Gasteiger partial charge in [-0.05, 0) is 51.4 Å². The summed E-state index contributed by atoms with van der Waals surface area (Å²) in [5.74, 6) is 0.100. The molecule has 0 heterocycles. The molecule has 4 heteroatoms. The van der Waals surface area contributed by atoms with Crippen molar-refractivity contribution in [1.82, 2.24) is 0 Å². The van der Waals surface area contributed by atoms with Crippen molar-refractivity contribution in [1.29, 1.82) is 0 Å². The van der Waals surface area contributed by atoms with Gasteiger partial charge in [-0.2, -0.15) is 0 Å². The quantitative estimate of drug-likeness (QED) is 0.780. The SMILES string of the molecule is CC(C)CC1CCCC(OC(C)C(C)O)(C(=O)O)C1. The monoisotopic (exact) mass is 272 g/mol. The first-order valence-corrected chi connectivity index (χ1v) is 7.36. The Morgan fingerprint density at radius 2 is 2.00 bits per heavy atom. The largest absolute Gasteiger partial charge is 0.479 e. The van der Waals surface area contributed by atoms with Gasteiger partial charge in [0.1, 0.15) is 0 Å². The van der Waals surface area contributed by atoms with Crippen LogP contribution in [0.1, 0.15) is 59.8 Å². The molecule has 0 spiro atoms. The highest BCUT2D eigenvalue weighted by molar-refractivity contribution is 5.77.